The standard InChI is InChI=1S/C26H31N5O5/c1-26(2,3)25(35)36-21-14-12-19(13-15-21)23-28-30-31(29-23)17-18-8-10-20(11-9-18)24(34)27-16-6-4-5-7-22(32)33/h8-15H,4-7,16-17H2,1-3H3,(H,27,34)(H,32,33). The van der Waals surface area contributed by atoms with Gasteiger partial charge in [-0.15, -0.1) is 10.2 Å². The number of hydrogen-bond acceptors (Lipinski definition) is 7. The average Bonchev–Trinajstić information content (AvgIpc) is 3.29. The second kappa shape index (κ2) is 12.1. The molecule has 0 fully saturated rings. The van der Waals surface area contributed by atoms with E-state index >= 15 is 0 Å². The topological polar surface area (TPSA) is 136 Å². The molecule has 36 heavy (non-hydrogen) atoms. The van der Waals surface area contributed by atoms with Crippen molar-refractivity contribution in [2.75, 3.05) is 6.54 Å². The van der Waals surface area contributed by atoms with Crippen molar-refractivity contribution in [1.29, 1.82) is 0 Å². The van der Waals surface area contributed by atoms with E-state index in [1.54, 1.807) is 57.2 Å². The Morgan fingerprint density at radius 2 is 1.67 bits per heavy atom. The number of aliphatic carboxylic acids is 1. The van der Waals surface area contributed by atoms with Gasteiger partial charge in [0.05, 0.1) is 12.0 Å². The quantitative estimate of drug-likeness (QED) is 0.234. The van der Waals surface area contributed by atoms with Crippen LogP contribution in [0.3, 0.4) is 0 Å². The molecule has 0 radical (unpaired) electrons. The molecule has 2 aromatic carbocycles. The van der Waals surface area contributed by atoms with Gasteiger partial charge in [0, 0.05) is 24.1 Å². The fourth-order valence-corrected chi connectivity index (χ4v) is 3.16. The van der Waals surface area contributed by atoms with Gasteiger partial charge in [-0.1, -0.05) is 18.6 Å². The van der Waals surface area contributed by atoms with E-state index in [1.807, 2.05) is 12.1 Å². The summed E-state index contributed by atoms with van der Waals surface area (Å²) in [5.41, 5.74) is 1.61. The van der Waals surface area contributed by atoms with Gasteiger partial charge in [-0.05, 0) is 80.8 Å². The molecule has 10 nitrogen and oxygen atoms in total. The van der Waals surface area contributed by atoms with Crippen molar-refractivity contribution < 1.29 is 24.2 Å². The Balaban J connectivity index is 1.50. The predicted molar refractivity (Wildman–Crippen MR) is 132 cm³/mol. The number of benzene rings is 2. The van der Waals surface area contributed by atoms with Gasteiger partial charge in [0.25, 0.3) is 5.91 Å². The first kappa shape index (κ1) is 26.5. The maximum atomic E-state index is 12.3. The summed E-state index contributed by atoms with van der Waals surface area (Å²) in [6, 6.07) is 14.1. The fourth-order valence-electron chi connectivity index (χ4n) is 3.16. The van der Waals surface area contributed by atoms with E-state index in [4.69, 9.17) is 9.84 Å². The smallest absolute Gasteiger partial charge is 0.316 e. The predicted octanol–water partition coefficient (Wildman–Crippen LogP) is 3.71. The molecule has 3 rings (SSSR count). The molecule has 10 heteroatoms. The van der Waals surface area contributed by atoms with Gasteiger partial charge in [0.2, 0.25) is 5.82 Å². The van der Waals surface area contributed by atoms with E-state index in [-0.39, 0.29) is 18.3 Å². The van der Waals surface area contributed by atoms with Crippen LogP contribution in [0, 0.1) is 5.41 Å². The van der Waals surface area contributed by atoms with Gasteiger partial charge >= 0.3 is 11.9 Å². The number of carbonyl (C=O) groups excluding carboxylic acids is 2. The number of nitrogens with zero attached hydrogens (tertiary/aromatic N) is 4. The van der Waals surface area contributed by atoms with Gasteiger partial charge < -0.3 is 15.2 Å². The summed E-state index contributed by atoms with van der Waals surface area (Å²) in [7, 11) is 0. The molecule has 1 heterocycles. The lowest BCUT2D eigenvalue weighted by Gasteiger charge is -2.16. The molecule has 0 aliphatic heterocycles. The van der Waals surface area contributed by atoms with E-state index in [0.717, 1.165) is 24.0 Å². The van der Waals surface area contributed by atoms with Crippen molar-refractivity contribution in [2.45, 2.75) is 53.0 Å². The van der Waals surface area contributed by atoms with Crippen molar-refractivity contribution in [2.24, 2.45) is 5.41 Å². The third-order valence-corrected chi connectivity index (χ3v) is 5.28. The molecule has 0 bridgehead atoms. The van der Waals surface area contributed by atoms with Crippen LogP contribution in [0.4, 0.5) is 0 Å². The zero-order chi connectivity index (χ0) is 26.1. The van der Waals surface area contributed by atoms with Crippen LogP contribution in [0.25, 0.3) is 11.4 Å². The average molecular weight is 494 g/mol. The lowest BCUT2D eigenvalue weighted by Crippen LogP contribution is -2.25. The first-order chi connectivity index (χ1) is 17.1. The monoisotopic (exact) mass is 493 g/mol. The van der Waals surface area contributed by atoms with Crippen LogP contribution in [-0.4, -0.2) is 49.7 Å². The molecule has 1 amide bonds. The number of carboxylic acids is 1. The second-order valence-corrected chi connectivity index (χ2v) is 9.46. The van der Waals surface area contributed by atoms with Crippen LogP contribution in [0.2, 0.25) is 0 Å². The van der Waals surface area contributed by atoms with Gasteiger partial charge in [-0.3, -0.25) is 14.4 Å². The summed E-state index contributed by atoms with van der Waals surface area (Å²) in [6.07, 6.45) is 2.25. The lowest BCUT2D eigenvalue weighted by molar-refractivity contribution is -0.143. The van der Waals surface area contributed by atoms with Crippen LogP contribution in [0.1, 0.15) is 62.4 Å². The molecule has 0 atom stereocenters. The number of hydrogen-bond donors (Lipinski definition) is 2. The van der Waals surface area contributed by atoms with Gasteiger partial charge in [-0.25, -0.2) is 0 Å². The molecule has 1 aromatic heterocycles. The molecular weight excluding hydrogens is 462 g/mol. The maximum absolute atomic E-state index is 12.3. The molecule has 0 saturated carbocycles. The number of aromatic nitrogens is 4. The van der Waals surface area contributed by atoms with Crippen LogP contribution < -0.4 is 10.1 Å². The number of nitrogens with one attached hydrogen (secondary N) is 1. The molecule has 0 saturated heterocycles. The summed E-state index contributed by atoms with van der Waals surface area (Å²) in [5, 5.41) is 24.1. The Bertz CT molecular complexity index is 1180. The summed E-state index contributed by atoms with van der Waals surface area (Å²) in [4.78, 5) is 36.3. The molecule has 3 aromatic rings. The SMILES string of the molecule is CC(C)(C)C(=O)Oc1ccc(-c2nnn(Cc3ccc(C(=O)NCCCCCC(=O)O)cc3)n2)cc1. The minimum absolute atomic E-state index is 0.151. The number of carboxylic acid groups (broad SMARTS) is 1. The third-order valence-electron chi connectivity index (χ3n) is 5.28. The summed E-state index contributed by atoms with van der Waals surface area (Å²) in [6.45, 7) is 6.28. The number of tetrazole rings is 1. The number of rotatable bonds is 11. The number of unbranched alkanes of at least 4 members (excludes halogenated alkanes) is 2. The van der Waals surface area contributed by atoms with Gasteiger partial charge in [-0.2, -0.15) is 4.80 Å². The highest BCUT2D eigenvalue weighted by molar-refractivity contribution is 5.94. The first-order valence-electron chi connectivity index (χ1n) is 11.8. The van der Waals surface area contributed by atoms with E-state index in [0.29, 0.717) is 36.6 Å². The van der Waals surface area contributed by atoms with Crippen molar-refractivity contribution in [3.8, 4) is 17.1 Å². The minimum Gasteiger partial charge on any atom is -0.481 e. The highest BCUT2D eigenvalue weighted by Gasteiger charge is 2.23. The van der Waals surface area contributed by atoms with Crippen LogP contribution >= 0.6 is 0 Å². The summed E-state index contributed by atoms with van der Waals surface area (Å²) in [5.74, 6) is -0.379. The number of esters is 1. The molecular formula is C26H31N5O5. The van der Waals surface area contributed by atoms with E-state index < -0.39 is 11.4 Å². The number of ether oxygens (including phenoxy) is 1. The third kappa shape index (κ3) is 8.00. The molecule has 0 aliphatic rings. The molecule has 0 unspecified atom stereocenters. The Labute approximate surface area is 209 Å². The maximum Gasteiger partial charge on any atom is 0.316 e. The van der Waals surface area contributed by atoms with Crippen molar-refractivity contribution in [3.63, 3.8) is 0 Å². The summed E-state index contributed by atoms with van der Waals surface area (Å²) >= 11 is 0. The molecule has 0 aliphatic carbocycles. The number of amides is 1. The Kier molecular flexibility index (Phi) is 8.88. The highest BCUT2D eigenvalue weighted by Crippen LogP contribution is 2.22. The van der Waals surface area contributed by atoms with Crippen LogP contribution in [0.5, 0.6) is 5.75 Å². The minimum atomic E-state index is -0.800. The molecule has 2 N–H and O–H groups in total. The van der Waals surface area contributed by atoms with E-state index in [1.165, 1.54) is 4.80 Å². The number of carbonyl (C=O) groups is 3. The Morgan fingerprint density at radius 1 is 0.972 bits per heavy atom. The van der Waals surface area contributed by atoms with E-state index in [9.17, 15) is 14.4 Å². The van der Waals surface area contributed by atoms with Crippen LogP contribution in [0.15, 0.2) is 48.5 Å². The molecule has 0 spiro atoms. The Morgan fingerprint density at radius 3 is 2.31 bits per heavy atom. The highest BCUT2D eigenvalue weighted by atomic mass is 16.5. The molecule has 190 valence electrons. The van der Waals surface area contributed by atoms with Crippen molar-refractivity contribution in [3.05, 3.63) is 59.7 Å². The Hall–Kier alpha value is -4.08. The summed E-state index contributed by atoms with van der Waals surface area (Å²) < 4.78 is 5.38. The first-order valence-corrected chi connectivity index (χ1v) is 11.8. The van der Waals surface area contributed by atoms with Crippen molar-refractivity contribution >= 4 is 17.8 Å². The largest absolute Gasteiger partial charge is 0.481 e. The van der Waals surface area contributed by atoms with Crippen molar-refractivity contribution in [1.82, 2.24) is 25.5 Å². The zero-order valence-corrected chi connectivity index (χ0v) is 20.7. The van der Waals surface area contributed by atoms with Crippen LogP contribution in [-0.2, 0) is 16.1 Å². The lowest BCUT2D eigenvalue weighted by atomic mass is 9.97. The van der Waals surface area contributed by atoms with Gasteiger partial charge in [0.15, 0.2) is 0 Å². The second-order valence-electron chi connectivity index (χ2n) is 9.46. The fraction of sp³-hybridized carbons (Fsp3) is 0.385. The van der Waals surface area contributed by atoms with Gasteiger partial charge in [0.1, 0.15) is 5.75 Å². The van der Waals surface area contributed by atoms with E-state index in [2.05, 4.69) is 20.7 Å². The zero-order valence-electron chi connectivity index (χ0n) is 20.7. The normalized spacial score (nSPS) is 11.2.